The van der Waals surface area contributed by atoms with E-state index in [-0.39, 0.29) is 0 Å². The van der Waals surface area contributed by atoms with Crippen LogP contribution in [-0.2, 0) is 6.54 Å². The third-order valence-corrected chi connectivity index (χ3v) is 2.98. The van der Waals surface area contributed by atoms with Crippen molar-refractivity contribution < 1.29 is 9.47 Å². The molecule has 1 N–H and O–H groups in total. The molecule has 2 aromatic rings. The largest absolute Gasteiger partial charge is 0.454 e. The Bertz CT molecular complexity index is 551. The van der Waals surface area contributed by atoms with Crippen molar-refractivity contribution in [2.45, 2.75) is 6.54 Å². The van der Waals surface area contributed by atoms with Crippen LogP contribution in [0.5, 0.6) is 11.5 Å². The molecule has 0 saturated heterocycles. The molecule has 5 nitrogen and oxygen atoms in total. The van der Waals surface area contributed by atoms with Crippen LogP contribution in [0.25, 0.3) is 11.3 Å². The van der Waals surface area contributed by atoms with Gasteiger partial charge in [0, 0.05) is 18.7 Å². The van der Waals surface area contributed by atoms with E-state index in [1.807, 2.05) is 37.8 Å². The van der Waals surface area contributed by atoms with Gasteiger partial charge in [-0.15, -0.1) is 0 Å². The molecule has 0 fully saturated rings. The van der Waals surface area contributed by atoms with Gasteiger partial charge in [0.15, 0.2) is 11.5 Å². The van der Waals surface area contributed by atoms with E-state index < -0.39 is 0 Å². The smallest absolute Gasteiger partial charge is 0.231 e. The van der Waals surface area contributed by atoms with E-state index in [1.165, 1.54) is 0 Å². The lowest BCUT2D eigenvalue weighted by atomic mass is 10.1. The lowest BCUT2D eigenvalue weighted by Gasteiger charge is -2.08. The van der Waals surface area contributed by atoms with Crippen LogP contribution in [-0.4, -0.2) is 29.9 Å². The summed E-state index contributed by atoms with van der Waals surface area (Å²) in [7, 11) is 1.94. The first-order valence-corrected chi connectivity index (χ1v) is 5.93. The van der Waals surface area contributed by atoms with Gasteiger partial charge in [-0.1, -0.05) is 0 Å². The monoisotopic (exact) mass is 245 g/mol. The van der Waals surface area contributed by atoms with Crippen LogP contribution in [0.2, 0.25) is 0 Å². The summed E-state index contributed by atoms with van der Waals surface area (Å²) in [4.78, 5) is 4.21. The van der Waals surface area contributed by atoms with Crippen LogP contribution in [0.4, 0.5) is 0 Å². The first-order valence-electron chi connectivity index (χ1n) is 5.93. The average Bonchev–Trinajstić information content (AvgIpc) is 3.03. The summed E-state index contributed by atoms with van der Waals surface area (Å²) in [5, 5.41) is 3.13. The Kier molecular flexibility index (Phi) is 2.90. The zero-order valence-corrected chi connectivity index (χ0v) is 10.2. The predicted molar refractivity (Wildman–Crippen MR) is 67.7 cm³/mol. The second-order valence-corrected chi connectivity index (χ2v) is 4.14. The molecule has 1 aromatic carbocycles. The van der Waals surface area contributed by atoms with Gasteiger partial charge < -0.3 is 19.4 Å². The van der Waals surface area contributed by atoms with Crippen molar-refractivity contribution in [3.63, 3.8) is 0 Å². The highest BCUT2D eigenvalue weighted by Crippen LogP contribution is 2.35. The fourth-order valence-electron chi connectivity index (χ4n) is 2.03. The van der Waals surface area contributed by atoms with E-state index in [0.29, 0.717) is 6.79 Å². The number of fused-ring (bicyclic) bond motifs is 1. The molecule has 0 aliphatic carbocycles. The van der Waals surface area contributed by atoms with Crippen molar-refractivity contribution in [3.8, 4) is 22.8 Å². The number of nitrogens with one attached hydrogen (secondary N) is 1. The Labute approximate surface area is 105 Å². The summed E-state index contributed by atoms with van der Waals surface area (Å²) in [5.41, 5.74) is 2.18. The highest BCUT2D eigenvalue weighted by molar-refractivity contribution is 5.64. The zero-order valence-electron chi connectivity index (χ0n) is 10.2. The van der Waals surface area contributed by atoms with Crippen molar-refractivity contribution in [1.29, 1.82) is 0 Å². The fraction of sp³-hybridized carbons (Fsp3) is 0.308. The maximum atomic E-state index is 5.39. The Balaban J connectivity index is 1.92. The quantitative estimate of drug-likeness (QED) is 0.886. The Morgan fingerprint density at radius 2 is 2.22 bits per heavy atom. The van der Waals surface area contributed by atoms with Crippen molar-refractivity contribution in [2.24, 2.45) is 0 Å². The van der Waals surface area contributed by atoms with E-state index in [0.717, 1.165) is 35.8 Å². The van der Waals surface area contributed by atoms with Gasteiger partial charge in [-0.2, -0.15) is 0 Å². The van der Waals surface area contributed by atoms with Gasteiger partial charge in [-0.05, 0) is 25.2 Å². The van der Waals surface area contributed by atoms with Gasteiger partial charge >= 0.3 is 0 Å². The molecule has 0 spiro atoms. The van der Waals surface area contributed by atoms with Crippen LogP contribution >= 0.6 is 0 Å². The van der Waals surface area contributed by atoms with E-state index in [4.69, 9.17) is 9.47 Å². The van der Waals surface area contributed by atoms with Gasteiger partial charge in [0.05, 0.1) is 18.2 Å². The van der Waals surface area contributed by atoms with Gasteiger partial charge in [0.25, 0.3) is 0 Å². The number of aromatic nitrogens is 2. The molecule has 0 amide bonds. The Morgan fingerprint density at radius 1 is 1.33 bits per heavy atom. The molecule has 0 radical (unpaired) electrons. The van der Waals surface area contributed by atoms with Gasteiger partial charge in [-0.3, -0.25) is 0 Å². The highest BCUT2D eigenvalue weighted by atomic mass is 16.7. The number of rotatable bonds is 4. The number of hydrogen-bond acceptors (Lipinski definition) is 4. The Hall–Kier alpha value is -2.01. The SMILES string of the molecule is CNCCn1cncc1-c1ccc2c(c1)OCO2. The lowest BCUT2D eigenvalue weighted by molar-refractivity contribution is 0.174. The van der Waals surface area contributed by atoms with E-state index in [2.05, 4.69) is 14.9 Å². The topological polar surface area (TPSA) is 48.3 Å². The molecule has 5 heteroatoms. The fourth-order valence-corrected chi connectivity index (χ4v) is 2.03. The maximum Gasteiger partial charge on any atom is 0.231 e. The van der Waals surface area contributed by atoms with E-state index >= 15 is 0 Å². The van der Waals surface area contributed by atoms with Gasteiger partial charge in [0.2, 0.25) is 6.79 Å². The summed E-state index contributed by atoms with van der Waals surface area (Å²) >= 11 is 0. The van der Waals surface area contributed by atoms with Crippen LogP contribution in [0, 0.1) is 0 Å². The van der Waals surface area contributed by atoms with E-state index in [9.17, 15) is 0 Å². The molecule has 1 aliphatic heterocycles. The summed E-state index contributed by atoms with van der Waals surface area (Å²) in [6.07, 6.45) is 3.71. The molecule has 0 bridgehead atoms. The molecule has 0 atom stereocenters. The van der Waals surface area contributed by atoms with Crippen molar-refractivity contribution in [2.75, 3.05) is 20.4 Å². The molecule has 3 rings (SSSR count). The molecule has 1 aliphatic rings. The minimum atomic E-state index is 0.303. The third kappa shape index (κ3) is 1.93. The van der Waals surface area contributed by atoms with Crippen molar-refractivity contribution >= 4 is 0 Å². The first kappa shape index (κ1) is 11.1. The number of likely N-dealkylation sites (N-methyl/N-ethyl adjacent to an activating group) is 1. The minimum absolute atomic E-state index is 0.303. The lowest BCUT2D eigenvalue weighted by Crippen LogP contribution is -2.14. The second-order valence-electron chi connectivity index (χ2n) is 4.14. The Morgan fingerprint density at radius 3 is 3.11 bits per heavy atom. The number of nitrogens with zero attached hydrogens (tertiary/aromatic N) is 2. The number of benzene rings is 1. The standard InChI is InChI=1S/C13H15N3O2/c1-14-4-5-16-8-15-7-11(16)10-2-3-12-13(6-10)18-9-17-12/h2-3,6-8,14H,4-5,9H2,1H3. The van der Waals surface area contributed by atoms with Crippen LogP contribution in [0.1, 0.15) is 0 Å². The van der Waals surface area contributed by atoms with Crippen molar-refractivity contribution in [1.82, 2.24) is 14.9 Å². The van der Waals surface area contributed by atoms with Crippen molar-refractivity contribution in [3.05, 3.63) is 30.7 Å². The third-order valence-electron chi connectivity index (χ3n) is 2.98. The van der Waals surface area contributed by atoms with E-state index in [1.54, 1.807) is 0 Å². The molecular formula is C13H15N3O2. The highest BCUT2D eigenvalue weighted by Gasteiger charge is 2.15. The number of ether oxygens (including phenoxy) is 2. The summed E-state index contributed by atoms with van der Waals surface area (Å²) in [6, 6.07) is 5.96. The molecule has 2 heterocycles. The minimum Gasteiger partial charge on any atom is -0.454 e. The van der Waals surface area contributed by atoms with Crippen LogP contribution < -0.4 is 14.8 Å². The number of imidazole rings is 1. The molecule has 1 aromatic heterocycles. The van der Waals surface area contributed by atoms with Gasteiger partial charge in [0.1, 0.15) is 0 Å². The molecular weight excluding hydrogens is 230 g/mol. The summed E-state index contributed by atoms with van der Waals surface area (Å²) in [6.45, 7) is 2.10. The first-order chi connectivity index (χ1) is 8.88. The molecule has 18 heavy (non-hydrogen) atoms. The van der Waals surface area contributed by atoms with Crippen LogP contribution in [0.15, 0.2) is 30.7 Å². The number of hydrogen-bond donors (Lipinski definition) is 1. The molecule has 0 saturated carbocycles. The normalized spacial score (nSPS) is 12.9. The van der Waals surface area contributed by atoms with Gasteiger partial charge in [-0.25, -0.2) is 4.98 Å². The second kappa shape index (κ2) is 4.70. The predicted octanol–water partition coefficient (Wildman–Crippen LogP) is 1.50. The van der Waals surface area contributed by atoms with Crippen LogP contribution in [0.3, 0.4) is 0 Å². The molecule has 94 valence electrons. The maximum absolute atomic E-state index is 5.39. The average molecular weight is 245 g/mol. The summed E-state index contributed by atoms with van der Waals surface area (Å²) < 4.78 is 12.8. The zero-order chi connectivity index (χ0) is 12.4. The molecule has 0 unspecified atom stereocenters. The summed E-state index contributed by atoms with van der Waals surface area (Å²) in [5.74, 6) is 1.61.